The van der Waals surface area contributed by atoms with E-state index in [1.54, 1.807) is 11.3 Å². The van der Waals surface area contributed by atoms with Crippen LogP contribution in [0.1, 0.15) is 42.4 Å². The molecule has 2 N–H and O–H groups in total. The normalized spacial score (nSPS) is 24.8. The third-order valence-electron chi connectivity index (χ3n) is 3.65. The van der Waals surface area contributed by atoms with Crippen molar-refractivity contribution < 1.29 is 4.79 Å². The number of Topliss-reactive ketones (excluding diaryl/α,β-unsaturated/α-hetero) is 1. The lowest BCUT2D eigenvalue weighted by Gasteiger charge is -2.27. The van der Waals surface area contributed by atoms with Crippen LogP contribution < -0.4 is 5.73 Å². The molecule has 1 fully saturated rings. The first kappa shape index (κ1) is 12.8. The van der Waals surface area contributed by atoms with E-state index in [9.17, 15) is 4.79 Å². The highest BCUT2D eigenvalue weighted by Gasteiger charge is 2.28. The average Bonchev–Trinajstić information content (AvgIpc) is 2.77. The average molecular weight is 251 g/mol. The van der Waals surface area contributed by atoms with Crippen LogP contribution in [0.5, 0.6) is 0 Å². The van der Waals surface area contributed by atoms with E-state index in [2.05, 4.69) is 19.1 Å². The second-order valence-electron chi connectivity index (χ2n) is 4.92. The number of carbonyl (C=O) groups excluding carboxylic acids is 1. The lowest BCUT2D eigenvalue weighted by molar-refractivity contribution is -0.123. The molecule has 1 saturated carbocycles. The number of rotatable bonds is 4. The van der Waals surface area contributed by atoms with Gasteiger partial charge >= 0.3 is 0 Å². The Morgan fingerprint density at radius 2 is 2.06 bits per heavy atom. The molecule has 0 spiro atoms. The molecule has 1 heterocycles. The van der Waals surface area contributed by atoms with E-state index in [1.165, 1.54) is 16.2 Å². The zero-order chi connectivity index (χ0) is 12.3. The largest absolute Gasteiger partial charge is 0.327 e. The standard InChI is InChI=1S/C14H21NOS/c1-2-10-7-8-11(17-10)9-14(16)12-5-3-4-6-13(12)15/h7-8,12-13H,2-6,9,15H2,1H3. The molecule has 0 aromatic carbocycles. The Morgan fingerprint density at radius 3 is 2.71 bits per heavy atom. The first-order chi connectivity index (χ1) is 8.20. The topological polar surface area (TPSA) is 43.1 Å². The monoisotopic (exact) mass is 251 g/mol. The Morgan fingerprint density at radius 1 is 1.35 bits per heavy atom. The van der Waals surface area contributed by atoms with Crippen LogP contribution in [-0.4, -0.2) is 11.8 Å². The second kappa shape index (κ2) is 5.78. The van der Waals surface area contributed by atoms with Crippen LogP contribution in [0.3, 0.4) is 0 Å². The van der Waals surface area contributed by atoms with E-state index in [0.29, 0.717) is 12.2 Å². The van der Waals surface area contributed by atoms with Crippen LogP contribution in [-0.2, 0) is 17.6 Å². The predicted molar refractivity (Wildman–Crippen MR) is 72.3 cm³/mol. The number of thiophene rings is 1. The minimum atomic E-state index is 0.0989. The highest BCUT2D eigenvalue weighted by Crippen LogP contribution is 2.26. The summed E-state index contributed by atoms with van der Waals surface area (Å²) in [5.74, 6) is 0.456. The van der Waals surface area contributed by atoms with Crippen molar-refractivity contribution in [3.05, 3.63) is 21.9 Å². The molecule has 0 amide bonds. The molecule has 0 aliphatic heterocycles. The van der Waals surface area contributed by atoms with E-state index >= 15 is 0 Å². The molecule has 1 aliphatic rings. The van der Waals surface area contributed by atoms with Crippen molar-refractivity contribution in [2.45, 2.75) is 51.5 Å². The van der Waals surface area contributed by atoms with Gasteiger partial charge in [-0.1, -0.05) is 19.8 Å². The summed E-state index contributed by atoms with van der Waals surface area (Å²) in [6, 6.07) is 4.32. The van der Waals surface area contributed by atoms with Gasteiger partial charge in [0.05, 0.1) is 0 Å². The lowest BCUT2D eigenvalue weighted by Crippen LogP contribution is -2.38. The van der Waals surface area contributed by atoms with E-state index in [1.807, 2.05) is 0 Å². The third kappa shape index (κ3) is 3.17. The molecule has 2 unspecified atom stereocenters. The fraction of sp³-hybridized carbons (Fsp3) is 0.643. The summed E-state index contributed by atoms with van der Waals surface area (Å²) in [6.07, 6.45) is 6.00. The zero-order valence-corrected chi connectivity index (χ0v) is 11.3. The summed E-state index contributed by atoms with van der Waals surface area (Å²) in [5.41, 5.74) is 6.05. The highest BCUT2D eigenvalue weighted by atomic mass is 32.1. The van der Waals surface area contributed by atoms with E-state index < -0.39 is 0 Å². The van der Waals surface area contributed by atoms with Gasteiger partial charge in [0.1, 0.15) is 5.78 Å². The summed E-state index contributed by atoms with van der Waals surface area (Å²) in [4.78, 5) is 14.8. The van der Waals surface area contributed by atoms with Gasteiger partial charge in [-0.15, -0.1) is 11.3 Å². The van der Waals surface area contributed by atoms with Gasteiger partial charge in [-0.2, -0.15) is 0 Å². The number of ketones is 1. The number of aryl methyl sites for hydroxylation is 1. The van der Waals surface area contributed by atoms with Gasteiger partial charge in [-0.25, -0.2) is 0 Å². The smallest absolute Gasteiger partial charge is 0.142 e. The van der Waals surface area contributed by atoms with Crippen molar-refractivity contribution in [1.82, 2.24) is 0 Å². The Bertz CT molecular complexity index is 385. The van der Waals surface area contributed by atoms with Crippen molar-refractivity contribution >= 4 is 17.1 Å². The SMILES string of the molecule is CCc1ccc(CC(=O)C2CCCCC2N)s1. The number of nitrogens with two attached hydrogens (primary N) is 1. The van der Waals surface area contributed by atoms with Crippen LogP contribution >= 0.6 is 11.3 Å². The molecule has 0 radical (unpaired) electrons. The van der Waals surface area contributed by atoms with Gasteiger partial charge in [0.25, 0.3) is 0 Å². The molecule has 94 valence electrons. The maximum absolute atomic E-state index is 12.2. The zero-order valence-electron chi connectivity index (χ0n) is 10.4. The molecule has 2 rings (SSSR count). The first-order valence-corrected chi connectivity index (χ1v) is 7.38. The van der Waals surface area contributed by atoms with Gasteiger partial charge in [-0.3, -0.25) is 4.79 Å². The van der Waals surface area contributed by atoms with Gasteiger partial charge in [0.15, 0.2) is 0 Å². The van der Waals surface area contributed by atoms with Crippen molar-refractivity contribution in [2.75, 3.05) is 0 Å². The Labute approximate surface area is 107 Å². The maximum atomic E-state index is 12.2. The number of hydrogen-bond donors (Lipinski definition) is 1. The molecule has 1 aromatic rings. The summed E-state index contributed by atoms with van der Waals surface area (Å²) in [6.45, 7) is 2.15. The molecule has 0 bridgehead atoms. The summed E-state index contributed by atoms with van der Waals surface area (Å²) < 4.78 is 0. The van der Waals surface area contributed by atoms with Crippen molar-refractivity contribution in [1.29, 1.82) is 0 Å². The minimum absolute atomic E-state index is 0.0989. The Balaban J connectivity index is 1.95. The summed E-state index contributed by atoms with van der Waals surface area (Å²) in [5, 5.41) is 0. The van der Waals surface area contributed by atoms with Crippen LogP contribution in [0.4, 0.5) is 0 Å². The third-order valence-corrected chi connectivity index (χ3v) is 4.88. The second-order valence-corrected chi connectivity index (χ2v) is 6.17. The van der Waals surface area contributed by atoms with Gasteiger partial charge in [0.2, 0.25) is 0 Å². The minimum Gasteiger partial charge on any atom is -0.327 e. The molecule has 17 heavy (non-hydrogen) atoms. The van der Waals surface area contributed by atoms with Gasteiger partial charge in [0, 0.05) is 28.1 Å². The van der Waals surface area contributed by atoms with E-state index in [4.69, 9.17) is 5.73 Å². The molecule has 0 saturated heterocycles. The molecular weight excluding hydrogens is 230 g/mol. The van der Waals surface area contributed by atoms with Crippen molar-refractivity contribution in [3.63, 3.8) is 0 Å². The quantitative estimate of drug-likeness (QED) is 0.894. The molecule has 1 aliphatic carbocycles. The fourth-order valence-corrected chi connectivity index (χ4v) is 3.54. The van der Waals surface area contributed by atoms with Crippen LogP contribution in [0.25, 0.3) is 0 Å². The summed E-state index contributed by atoms with van der Waals surface area (Å²) >= 11 is 1.76. The molecule has 3 heteroatoms. The molecule has 2 atom stereocenters. The Hall–Kier alpha value is -0.670. The molecule has 1 aromatic heterocycles. The van der Waals surface area contributed by atoms with Crippen LogP contribution in [0.2, 0.25) is 0 Å². The van der Waals surface area contributed by atoms with Crippen LogP contribution in [0, 0.1) is 5.92 Å². The van der Waals surface area contributed by atoms with E-state index in [-0.39, 0.29) is 12.0 Å². The van der Waals surface area contributed by atoms with E-state index in [0.717, 1.165) is 25.7 Å². The first-order valence-electron chi connectivity index (χ1n) is 6.56. The summed E-state index contributed by atoms with van der Waals surface area (Å²) in [7, 11) is 0. The van der Waals surface area contributed by atoms with Crippen LogP contribution in [0.15, 0.2) is 12.1 Å². The Kier molecular flexibility index (Phi) is 4.35. The fourth-order valence-electron chi connectivity index (χ4n) is 2.57. The maximum Gasteiger partial charge on any atom is 0.142 e. The lowest BCUT2D eigenvalue weighted by atomic mass is 9.81. The highest BCUT2D eigenvalue weighted by molar-refractivity contribution is 7.12. The molecular formula is C14H21NOS. The molecule has 2 nitrogen and oxygen atoms in total. The number of carbonyl (C=O) groups is 1. The van der Waals surface area contributed by atoms with Crippen molar-refractivity contribution in [2.24, 2.45) is 11.7 Å². The van der Waals surface area contributed by atoms with Gasteiger partial charge in [-0.05, 0) is 31.4 Å². The van der Waals surface area contributed by atoms with Crippen molar-refractivity contribution in [3.8, 4) is 0 Å². The predicted octanol–water partition coefficient (Wildman–Crippen LogP) is 2.94. The van der Waals surface area contributed by atoms with Gasteiger partial charge < -0.3 is 5.73 Å². The number of hydrogen-bond acceptors (Lipinski definition) is 3.